The van der Waals surface area contributed by atoms with E-state index in [4.69, 9.17) is 0 Å². The van der Waals surface area contributed by atoms with Gasteiger partial charge in [0.1, 0.15) is 22.5 Å². The van der Waals surface area contributed by atoms with Gasteiger partial charge in [-0.2, -0.15) is 0 Å². The summed E-state index contributed by atoms with van der Waals surface area (Å²) in [5.74, 6) is -0.952. The van der Waals surface area contributed by atoms with Gasteiger partial charge in [0, 0.05) is 5.56 Å². The lowest BCUT2D eigenvalue weighted by atomic mass is 9.70. The van der Waals surface area contributed by atoms with Gasteiger partial charge >= 0.3 is 5.97 Å². The molecule has 0 amide bonds. The lowest BCUT2D eigenvalue weighted by Gasteiger charge is -2.35. The van der Waals surface area contributed by atoms with Gasteiger partial charge in [0.2, 0.25) is 9.84 Å². The van der Waals surface area contributed by atoms with Crippen LogP contribution in [-0.2, 0) is 26.5 Å². The molecule has 0 atom stereocenters. The van der Waals surface area contributed by atoms with Gasteiger partial charge in [0.25, 0.3) is 0 Å². The molecule has 0 aliphatic heterocycles. The highest BCUT2D eigenvalue weighted by Crippen LogP contribution is 2.45. The first-order valence-electron chi connectivity index (χ1n) is 11.9. The minimum atomic E-state index is -3.74. The van der Waals surface area contributed by atoms with Gasteiger partial charge in [-0.3, -0.25) is 4.79 Å². The fourth-order valence-corrected chi connectivity index (χ4v) is 6.37. The molecular weight excluding hydrogens is 478 g/mol. The molecule has 0 spiro atoms. The van der Waals surface area contributed by atoms with Gasteiger partial charge in [-0.1, -0.05) is 50.5 Å². The molecule has 0 saturated heterocycles. The van der Waals surface area contributed by atoms with Crippen LogP contribution in [-0.4, -0.2) is 39.6 Å². The van der Waals surface area contributed by atoms with Crippen molar-refractivity contribution >= 4 is 26.8 Å². The number of hydrogen-bond acceptors (Lipinski definition) is 6. The Morgan fingerprint density at radius 3 is 2.33 bits per heavy atom. The molecule has 8 nitrogen and oxygen atoms in total. The maximum absolute atomic E-state index is 13.1. The lowest BCUT2D eigenvalue weighted by molar-refractivity contribution is -0.136. The van der Waals surface area contributed by atoms with Gasteiger partial charge in [-0.05, 0) is 60.2 Å². The predicted molar refractivity (Wildman–Crippen MR) is 134 cm³/mol. The van der Waals surface area contributed by atoms with Crippen LogP contribution in [0.4, 0.5) is 0 Å². The molecule has 1 aliphatic carbocycles. The van der Waals surface area contributed by atoms with Crippen molar-refractivity contribution in [2.75, 3.05) is 0 Å². The number of phenolic OH excluding ortho intramolecular Hbond substituents is 1. The summed E-state index contributed by atoms with van der Waals surface area (Å²) >= 11 is 0. The Hall–Kier alpha value is -3.72. The first-order chi connectivity index (χ1) is 17.2. The molecule has 9 heteroatoms. The lowest BCUT2D eigenvalue weighted by Crippen LogP contribution is -2.26. The number of carboxylic acid groups (broad SMARTS) is 1. The average Bonchev–Trinajstić information content (AvgIpc) is 3.29. The second kappa shape index (κ2) is 9.05. The van der Waals surface area contributed by atoms with Crippen LogP contribution in [0.15, 0.2) is 70.5 Å². The zero-order chi connectivity index (χ0) is 25.5. The van der Waals surface area contributed by atoms with Crippen LogP contribution >= 0.6 is 0 Å². The van der Waals surface area contributed by atoms with E-state index in [1.165, 1.54) is 29.1 Å². The molecule has 0 radical (unpaired) electrons. The predicted octanol–water partition coefficient (Wildman–Crippen LogP) is 4.81. The smallest absolute Gasteiger partial charge is 0.307 e. The van der Waals surface area contributed by atoms with Crippen molar-refractivity contribution in [3.63, 3.8) is 0 Å². The van der Waals surface area contributed by atoms with Gasteiger partial charge in [0.05, 0.1) is 16.2 Å². The number of aromatic nitrogens is 3. The van der Waals surface area contributed by atoms with Crippen LogP contribution in [0.25, 0.3) is 16.7 Å². The van der Waals surface area contributed by atoms with E-state index in [-0.39, 0.29) is 33.1 Å². The van der Waals surface area contributed by atoms with Gasteiger partial charge in [0.15, 0.2) is 0 Å². The Morgan fingerprint density at radius 1 is 0.944 bits per heavy atom. The number of carboxylic acids is 1. The first-order valence-corrected chi connectivity index (χ1v) is 13.4. The Morgan fingerprint density at radius 2 is 1.64 bits per heavy atom. The zero-order valence-electron chi connectivity index (χ0n) is 19.9. The minimum Gasteiger partial charge on any atom is -0.505 e. The fraction of sp³-hybridized carbons (Fsp3) is 0.296. The highest BCUT2D eigenvalue weighted by molar-refractivity contribution is 7.91. The van der Waals surface area contributed by atoms with Crippen LogP contribution in [0.3, 0.4) is 0 Å². The number of aromatic hydroxyl groups is 1. The number of rotatable bonds is 6. The highest BCUT2D eigenvalue weighted by atomic mass is 32.2. The summed E-state index contributed by atoms with van der Waals surface area (Å²) < 4.78 is 26.1. The molecular formula is C27H27N3O5S. The van der Waals surface area contributed by atoms with Crippen LogP contribution < -0.4 is 0 Å². The zero-order valence-corrected chi connectivity index (χ0v) is 20.7. The number of carbonyl (C=O) groups is 1. The topological polar surface area (TPSA) is 122 Å². The van der Waals surface area contributed by atoms with Crippen molar-refractivity contribution in [3.05, 3.63) is 71.8 Å². The van der Waals surface area contributed by atoms with E-state index in [1.807, 2.05) is 0 Å². The van der Waals surface area contributed by atoms with E-state index in [9.17, 15) is 23.4 Å². The van der Waals surface area contributed by atoms with Crippen molar-refractivity contribution in [2.24, 2.45) is 0 Å². The first kappa shape index (κ1) is 24.0. The number of aliphatic carboxylic acids is 1. The molecule has 1 aliphatic rings. The summed E-state index contributed by atoms with van der Waals surface area (Å²) in [7, 11) is -3.74. The second-order valence-electron chi connectivity index (χ2n) is 9.66. The molecule has 186 valence electrons. The monoisotopic (exact) mass is 505 g/mol. The van der Waals surface area contributed by atoms with Gasteiger partial charge < -0.3 is 10.2 Å². The molecule has 4 aromatic rings. The SMILES string of the molecule is CC1(c2cc(CC(=O)O)cc(-n3nc4ccc(S(=O)(=O)c5ccccc5)cc4n3)c2O)CCCCC1. The summed E-state index contributed by atoms with van der Waals surface area (Å²) in [6.45, 7) is 2.10. The van der Waals surface area contributed by atoms with E-state index in [1.54, 1.807) is 36.4 Å². The van der Waals surface area contributed by atoms with E-state index >= 15 is 0 Å². The van der Waals surface area contributed by atoms with Crippen LogP contribution in [0.1, 0.15) is 50.2 Å². The maximum atomic E-state index is 13.1. The van der Waals surface area contributed by atoms with Crippen LogP contribution in [0.2, 0.25) is 0 Å². The molecule has 1 aromatic heterocycles. The van der Waals surface area contributed by atoms with Gasteiger partial charge in [-0.25, -0.2) is 8.42 Å². The van der Waals surface area contributed by atoms with E-state index in [0.29, 0.717) is 22.2 Å². The van der Waals surface area contributed by atoms with Crippen molar-refractivity contribution in [1.82, 2.24) is 15.0 Å². The van der Waals surface area contributed by atoms with Crippen molar-refractivity contribution < 1.29 is 23.4 Å². The normalized spacial score (nSPS) is 15.7. The number of nitrogens with zero attached hydrogens (tertiary/aromatic N) is 3. The second-order valence-corrected chi connectivity index (χ2v) is 11.6. The number of fused-ring (bicyclic) bond motifs is 1. The Bertz CT molecular complexity index is 1560. The Balaban J connectivity index is 1.62. The third kappa shape index (κ3) is 4.35. The minimum absolute atomic E-state index is 0.0194. The molecule has 1 fully saturated rings. The van der Waals surface area contributed by atoms with E-state index < -0.39 is 15.8 Å². The highest BCUT2D eigenvalue weighted by Gasteiger charge is 2.33. The molecule has 36 heavy (non-hydrogen) atoms. The third-order valence-electron chi connectivity index (χ3n) is 7.04. The summed E-state index contributed by atoms with van der Waals surface area (Å²) in [5, 5.41) is 29.7. The molecule has 1 heterocycles. The number of phenols is 1. The van der Waals surface area contributed by atoms with E-state index in [2.05, 4.69) is 17.1 Å². The summed E-state index contributed by atoms with van der Waals surface area (Å²) in [6, 6.07) is 16.0. The summed E-state index contributed by atoms with van der Waals surface area (Å²) in [4.78, 5) is 13.0. The quantitative estimate of drug-likeness (QED) is 0.386. The van der Waals surface area contributed by atoms with E-state index in [0.717, 1.165) is 32.1 Å². The molecule has 1 saturated carbocycles. The fourth-order valence-electron chi connectivity index (χ4n) is 5.07. The standard InChI is InChI=1S/C27H27N3O5S/c1-27(12-6-3-7-13-27)21-14-18(16-25(31)32)15-24(26(21)33)30-28-22-11-10-20(17-23(22)29-30)36(34,35)19-8-4-2-5-9-19/h2,4-5,8-11,14-15,17,33H,3,6-7,12-13,16H2,1H3,(H,31,32). The number of sulfone groups is 1. The van der Waals surface area contributed by atoms with Crippen molar-refractivity contribution in [2.45, 2.75) is 60.7 Å². The maximum Gasteiger partial charge on any atom is 0.307 e. The Kier molecular flexibility index (Phi) is 6.04. The van der Waals surface area contributed by atoms with Crippen LogP contribution in [0, 0.1) is 0 Å². The third-order valence-corrected chi connectivity index (χ3v) is 8.81. The average molecular weight is 506 g/mol. The molecule has 0 unspecified atom stereocenters. The largest absolute Gasteiger partial charge is 0.505 e. The molecule has 5 rings (SSSR count). The van der Waals surface area contributed by atoms with Crippen LogP contribution in [0.5, 0.6) is 5.75 Å². The van der Waals surface area contributed by atoms with Crippen molar-refractivity contribution in [3.8, 4) is 11.4 Å². The number of benzene rings is 3. The molecule has 3 aromatic carbocycles. The molecule has 2 N–H and O–H groups in total. The Labute approximate surface area is 209 Å². The summed E-state index contributed by atoms with van der Waals surface area (Å²) in [6.07, 6.45) is 4.81. The number of hydrogen-bond donors (Lipinski definition) is 2. The van der Waals surface area contributed by atoms with Gasteiger partial charge in [-0.15, -0.1) is 15.0 Å². The van der Waals surface area contributed by atoms with Crippen molar-refractivity contribution in [1.29, 1.82) is 0 Å². The molecule has 0 bridgehead atoms. The summed E-state index contributed by atoms with van der Waals surface area (Å²) in [5.41, 5.74) is 2.04.